The van der Waals surface area contributed by atoms with Gasteiger partial charge in [0.2, 0.25) is 0 Å². The van der Waals surface area contributed by atoms with Crippen molar-refractivity contribution in [1.82, 2.24) is 0 Å². The second-order valence-electron chi connectivity index (χ2n) is 3.29. The van der Waals surface area contributed by atoms with Crippen LogP contribution in [0, 0.1) is 0 Å². The van der Waals surface area contributed by atoms with E-state index in [4.69, 9.17) is 23.2 Å². The Balaban J connectivity index is 2.83. The van der Waals surface area contributed by atoms with E-state index in [1.165, 1.54) is 0 Å². The first-order valence-electron chi connectivity index (χ1n) is 4.54. The molecule has 0 heterocycles. The Morgan fingerprint density at radius 3 is 2.79 bits per heavy atom. The molecular formula is C11H12Cl2O. The summed E-state index contributed by atoms with van der Waals surface area (Å²) in [6, 6.07) is 5.59. The molecule has 0 amide bonds. The van der Waals surface area contributed by atoms with E-state index in [0.717, 1.165) is 18.3 Å². The Labute approximate surface area is 94.0 Å². The fourth-order valence-electron chi connectivity index (χ4n) is 1.37. The third-order valence-corrected chi connectivity index (χ3v) is 3.06. The second-order valence-corrected chi connectivity index (χ2v) is 4.07. The molecule has 1 aromatic rings. The Morgan fingerprint density at radius 2 is 2.14 bits per heavy atom. The van der Waals surface area contributed by atoms with Crippen LogP contribution in [0.25, 0.3) is 0 Å². The van der Waals surface area contributed by atoms with Crippen molar-refractivity contribution in [2.75, 3.05) is 0 Å². The molecule has 0 aliphatic rings. The highest BCUT2D eigenvalue weighted by Crippen LogP contribution is 2.32. The van der Waals surface area contributed by atoms with Crippen LogP contribution in [0.1, 0.15) is 31.2 Å². The van der Waals surface area contributed by atoms with Gasteiger partial charge in [0.05, 0.1) is 10.0 Å². The molecule has 3 heteroatoms. The Hall–Kier alpha value is -0.530. The third kappa shape index (κ3) is 2.73. The number of aldehydes is 1. The first-order valence-corrected chi connectivity index (χ1v) is 5.30. The average molecular weight is 231 g/mol. The summed E-state index contributed by atoms with van der Waals surface area (Å²) in [5, 5.41) is 1.18. The Kier molecular flexibility index (Phi) is 4.43. The van der Waals surface area contributed by atoms with Crippen molar-refractivity contribution in [1.29, 1.82) is 0 Å². The number of hydrogen-bond acceptors (Lipinski definition) is 1. The highest BCUT2D eigenvalue weighted by atomic mass is 35.5. The predicted molar refractivity (Wildman–Crippen MR) is 60.2 cm³/mol. The molecule has 0 saturated carbocycles. The molecular weight excluding hydrogens is 219 g/mol. The summed E-state index contributed by atoms with van der Waals surface area (Å²) in [6.07, 6.45) is 2.29. The van der Waals surface area contributed by atoms with Gasteiger partial charge in [-0.05, 0) is 24.0 Å². The molecule has 0 saturated heterocycles. The Morgan fingerprint density at radius 1 is 1.43 bits per heavy atom. The van der Waals surface area contributed by atoms with E-state index in [1.807, 2.05) is 19.1 Å². The van der Waals surface area contributed by atoms with Crippen LogP contribution < -0.4 is 0 Å². The lowest BCUT2D eigenvalue weighted by molar-refractivity contribution is -0.108. The quantitative estimate of drug-likeness (QED) is 0.713. The molecule has 0 spiro atoms. The van der Waals surface area contributed by atoms with E-state index >= 15 is 0 Å². The van der Waals surface area contributed by atoms with Crippen molar-refractivity contribution in [3.05, 3.63) is 33.8 Å². The highest BCUT2D eigenvalue weighted by molar-refractivity contribution is 6.42. The van der Waals surface area contributed by atoms with Gasteiger partial charge in [-0.25, -0.2) is 0 Å². The molecule has 1 rings (SSSR count). The topological polar surface area (TPSA) is 17.1 Å². The van der Waals surface area contributed by atoms with E-state index in [2.05, 4.69) is 0 Å². The van der Waals surface area contributed by atoms with Crippen LogP contribution in [0.5, 0.6) is 0 Å². The normalized spacial score (nSPS) is 12.5. The first-order chi connectivity index (χ1) is 6.66. The molecule has 0 radical (unpaired) electrons. The SMILES string of the molecule is CC(CCC=O)c1cccc(Cl)c1Cl. The van der Waals surface area contributed by atoms with Crippen LogP contribution in [0.15, 0.2) is 18.2 Å². The summed E-state index contributed by atoms with van der Waals surface area (Å²) in [7, 11) is 0. The van der Waals surface area contributed by atoms with Crippen LogP contribution in [0.2, 0.25) is 10.0 Å². The zero-order valence-electron chi connectivity index (χ0n) is 7.97. The number of hydrogen-bond donors (Lipinski definition) is 0. The molecule has 1 aromatic carbocycles. The molecule has 76 valence electrons. The van der Waals surface area contributed by atoms with E-state index < -0.39 is 0 Å². The van der Waals surface area contributed by atoms with Crippen molar-refractivity contribution in [3.8, 4) is 0 Å². The lowest BCUT2D eigenvalue weighted by atomic mass is 9.96. The number of carbonyl (C=O) groups is 1. The highest BCUT2D eigenvalue weighted by Gasteiger charge is 2.10. The number of rotatable bonds is 4. The van der Waals surface area contributed by atoms with E-state index in [1.54, 1.807) is 6.07 Å². The number of carbonyl (C=O) groups excluding carboxylic acids is 1. The van der Waals surface area contributed by atoms with Crippen LogP contribution in [-0.4, -0.2) is 6.29 Å². The molecule has 0 aliphatic carbocycles. The van der Waals surface area contributed by atoms with Gasteiger partial charge in [-0.2, -0.15) is 0 Å². The molecule has 14 heavy (non-hydrogen) atoms. The summed E-state index contributed by atoms with van der Waals surface area (Å²) >= 11 is 11.9. The maximum atomic E-state index is 10.2. The maximum absolute atomic E-state index is 10.2. The molecule has 0 bridgehead atoms. The average Bonchev–Trinajstić information content (AvgIpc) is 2.18. The first kappa shape index (κ1) is 11.5. The minimum Gasteiger partial charge on any atom is -0.303 e. The second kappa shape index (κ2) is 5.38. The fraction of sp³-hybridized carbons (Fsp3) is 0.364. The summed E-state index contributed by atoms with van der Waals surface area (Å²) in [6.45, 7) is 2.04. The van der Waals surface area contributed by atoms with Gasteiger partial charge < -0.3 is 4.79 Å². The summed E-state index contributed by atoms with van der Waals surface area (Å²) in [5.41, 5.74) is 1.01. The number of benzene rings is 1. The largest absolute Gasteiger partial charge is 0.303 e. The summed E-state index contributed by atoms with van der Waals surface area (Å²) in [5.74, 6) is 0.270. The van der Waals surface area contributed by atoms with Crippen LogP contribution in [0.4, 0.5) is 0 Å². The molecule has 1 nitrogen and oxygen atoms in total. The summed E-state index contributed by atoms with van der Waals surface area (Å²) in [4.78, 5) is 10.2. The third-order valence-electron chi connectivity index (χ3n) is 2.23. The van der Waals surface area contributed by atoms with Crippen molar-refractivity contribution >= 4 is 29.5 Å². The lowest BCUT2D eigenvalue weighted by Gasteiger charge is -2.12. The molecule has 0 aliphatic heterocycles. The maximum Gasteiger partial charge on any atom is 0.120 e. The molecule has 0 N–H and O–H groups in total. The molecule has 1 atom stereocenters. The van der Waals surface area contributed by atoms with Crippen LogP contribution >= 0.6 is 23.2 Å². The van der Waals surface area contributed by atoms with Gasteiger partial charge in [0, 0.05) is 6.42 Å². The standard InChI is InChI=1S/C11H12Cl2O/c1-8(4-3-7-14)9-5-2-6-10(12)11(9)13/h2,5-8H,3-4H2,1H3. The van der Waals surface area contributed by atoms with Crippen molar-refractivity contribution in [2.24, 2.45) is 0 Å². The van der Waals surface area contributed by atoms with Gasteiger partial charge in [-0.1, -0.05) is 42.3 Å². The minimum absolute atomic E-state index is 0.270. The van der Waals surface area contributed by atoms with E-state index in [0.29, 0.717) is 16.5 Å². The molecule has 1 unspecified atom stereocenters. The van der Waals surface area contributed by atoms with Gasteiger partial charge in [0.15, 0.2) is 0 Å². The molecule has 0 fully saturated rings. The van der Waals surface area contributed by atoms with E-state index in [9.17, 15) is 4.79 Å². The summed E-state index contributed by atoms with van der Waals surface area (Å²) < 4.78 is 0. The monoisotopic (exact) mass is 230 g/mol. The van der Waals surface area contributed by atoms with E-state index in [-0.39, 0.29) is 5.92 Å². The van der Waals surface area contributed by atoms with Gasteiger partial charge in [0.25, 0.3) is 0 Å². The lowest BCUT2D eigenvalue weighted by Crippen LogP contribution is -1.95. The minimum atomic E-state index is 0.270. The van der Waals surface area contributed by atoms with Gasteiger partial charge in [0.1, 0.15) is 6.29 Å². The van der Waals surface area contributed by atoms with Crippen molar-refractivity contribution in [3.63, 3.8) is 0 Å². The van der Waals surface area contributed by atoms with Gasteiger partial charge in [-0.3, -0.25) is 0 Å². The fourth-order valence-corrected chi connectivity index (χ4v) is 1.87. The van der Waals surface area contributed by atoms with Crippen molar-refractivity contribution in [2.45, 2.75) is 25.7 Å². The van der Waals surface area contributed by atoms with Crippen LogP contribution in [-0.2, 0) is 4.79 Å². The van der Waals surface area contributed by atoms with Crippen molar-refractivity contribution < 1.29 is 4.79 Å². The van der Waals surface area contributed by atoms with Gasteiger partial charge >= 0.3 is 0 Å². The smallest absolute Gasteiger partial charge is 0.120 e. The zero-order chi connectivity index (χ0) is 10.6. The Bertz CT molecular complexity index is 323. The zero-order valence-corrected chi connectivity index (χ0v) is 9.48. The van der Waals surface area contributed by atoms with Crippen LogP contribution in [0.3, 0.4) is 0 Å². The van der Waals surface area contributed by atoms with Gasteiger partial charge in [-0.15, -0.1) is 0 Å². The predicted octanol–water partition coefficient (Wildman–Crippen LogP) is 4.08. The number of halogens is 2. The molecule has 0 aromatic heterocycles.